The molecule has 0 saturated heterocycles. The molecule has 0 aromatic heterocycles. The van der Waals surface area contributed by atoms with Crippen molar-refractivity contribution < 1.29 is 23.9 Å². The van der Waals surface area contributed by atoms with Crippen LogP contribution in [0, 0.1) is 13.8 Å². The molecule has 0 N–H and O–H groups in total. The maximum absolute atomic E-state index is 13.7. The number of Topliss-reactive ketones (excluding diaryl/α,β-unsaturated/α-hetero) is 1. The first-order valence-corrected chi connectivity index (χ1v) is 14.1. The highest BCUT2D eigenvalue weighted by Gasteiger charge is 2.27. The van der Waals surface area contributed by atoms with E-state index in [4.69, 9.17) is 16.3 Å². The van der Waals surface area contributed by atoms with E-state index in [1.165, 1.54) is 9.80 Å². The maximum Gasteiger partial charge on any atom is 0.327 e. The van der Waals surface area contributed by atoms with Gasteiger partial charge in [-0.15, -0.1) is 0 Å². The fourth-order valence-corrected chi connectivity index (χ4v) is 4.15. The Morgan fingerprint density at radius 1 is 0.872 bits per heavy atom. The van der Waals surface area contributed by atoms with Gasteiger partial charge in [0.15, 0.2) is 0 Å². The van der Waals surface area contributed by atoms with E-state index >= 15 is 0 Å². The van der Waals surface area contributed by atoms with Gasteiger partial charge in [-0.3, -0.25) is 19.3 Å². The number of hydrogen-bond donors (Lipinski definition) is 0. The van der Waals surface area contributed by atoms with Gasteiger partial charge in [0.1, 0.15) is 12.2 Å². The number of carbonyl (C=O) groups is 4. The van der Waals surface area contributed by atoms with Crippen molar-refractivity contribution in [2.75, 3.05) is 19.7 Å². The van der Waals surface area contributed by atoms with Crippen LogP contribution in [0.2, 0.25) is 5.02 Å². The van der Waals surface area contributed by atoms with E-state index in [0.717, 1.165) is 28.7 Å². The molecule has 0 aliphatic heterocycles. The molecule has 0 unspecified atom stereocenters. The zero-order chi connectivity index (χ0) is 29.4. The van der Waals surface area contributed by atoms with Gasteiger partial charge in [0.25, 0.3) is 0 Å². The number of amides is 3. The molecule has 0 heterocycles. The summed E-state index contributed by atoms with van der Waals surface area (Å²) in [4.78, 5) is 54.0. The predicted molar refractivity (Wildman–Crippen MR) is 156 cm³/mol. The van der Waals surface area contributed by atoms with Crippen molar-refractivity contribution in [3.63, 3.8) is 0 Å². The van der Waals surface area contributed by atoms with Gasteiger partial charge in [0.05, 0.1) is 13.0 Å². The van der Waals surface area contributed by atoms with Crippen LogP contribution >= 0.6 is 11.6 Å². The molecule has 0 radical (unpaired) electrons. The third-order valence-electron chi connectivity index (χ3n) is 5.77. The first-order valence-electron chi connectivity index (χ1n) is 13.7. The fraction of sp³-hybridized carbons (Fsp3) is 0.484. The number of carbonyl (C=O) groups excluding carboxylic acids is 4. The van der Waals surface area contributed by atoms with Crippen molar-refractivity contribution in [2.24, 2.45) is 0 Å². The second-order valence-electron chi connectivity index (χ2n) is 9.17. The number of benzene rings is 2. The first-order chi connectivity index (χ1) is 18.6. The third kappa shape index (κ3) is 12.5. The molecule has 0 aliphatic carbocycles. The first kappa shape index (κ1) is 33.8. The molecule has 7 nitrogen and oxygen atoms in total. The highest BCUT2D eigenvalue weighted by molar-refractivity contribution is 6.30. The summed E-state index contributed by atoms with van der Waals surface area (Å²) in [6.45, 7) is 12.4. The zero-order valence-corrected chi connectivity index (χ0v) is 25.0. The van der Waals surface area contributed by atoms with Crippen LogP contribution in [0.1, 0.15) is 75.6 Å². The number of esters is 1. The maximum atomic E-state index is 13.7. The summed E-state index contributed by atoms with van der Waals surface area (Å²) in [5.41, 5.74) is 3.77. The van der Waals surface area contributed by atoms with E-state index in [1.807, 2.05) is 52.8 Å². The Hall–Kier alpha value is -3.19. The standard InChI is InChI=1S/C29H37ClN2O5.C2H6/c1-5-7-13-32(27(34)18-24-16-21(3)15-22(4)17-24)29(36)31(20-23-8-10-25(30)11-9-23)14-12-26(33)19-28(35)37-6-2;1-2/h8-11,15-17H,5-7,12-14,18-20H2,1-4H3;1-2H3. The summed E-state index contributed by atoms with van der Waals surface area (Å²) in [6.07, 6.45) is 1.22. The average Bonchev–Trinajstić information content (AvgIpc) is 2.88. The number of ketones is 1. The minimum atomic E-state index is -0.587. The minimum Gasteiger partial charge on any atom is -0.466 e. The van der Waals surface area contributed by atoms with Crippen LogP contribution < -0.4 is 0 Å². The van der Waals surface area contributed by atoms with Crippen LogP contribution in [-0.2, 0) is 32.1 Å². The minimum absolute atomic E-state index is 0.0228. The van der Waals surface area contributed by atoms with Gasteiger partial charge in [-0.2, -0.15) is 0 Å². The largest absolute Gasteiger partial charge is 0.466 e. The highest BCUT2D eigenvalue weighted by atomic mass is 35.5. The lowest BCUT2D eigenvalue weighted by Gasteiger charge is -2.30. The summed E-state index contributed by atoms with van der Waals surface area (Å²) >= 11 is 6.01. The number of aryl methyl sites for hydroxylation is 2. The second-order valence-corrected chi connectivity index (χ2v) is 9.61. The van der Waals surface area contributed by atoms with E-state index in [-0.39, 0.29) is 57.2 Å². The SMILES string of the molecule is CC.CCCCN(C(=O)Cc1cc(C)cc(C)c1)C(=O)N(CCC(=O)CC(=O)OCC)Cc1ccc(Cl)cc1. The number of imide groups is 1. The molecule has 0 spiro atoms. The van der Waals surface area contributed by atoms with E-state index in [0.29, 0.717) is 11.4 Å². The molecule has 8 heteroatoms. The van der Waals surface area contributed by atoms with Gasteiger partial charge in [0, 0.05) is 31.1 Å². The number of nitrogens with zero attached hydrogens (tertiary/aromatic N) is 2. The molecular weight excluding hydrogens is 516 g/mol. The van der Waals surface area contributed by atoms with Crippen LogP contribution in [0.5, 0.6) is 0 Å². The van der Waals surface area contributed by atoms with Crippen LogP contribution in [0.3, 0.4) is 0 Å². The topological polar surface area (TPSA) is 84.0 Å². The van der Waals surface area contributed by atoms with Crippen molar-refractivity contribution in [1.82, 2.24) is 9.80 Å². The zero-order valence-electron chi connectivity index (χ0n) is 24.2. The Kier molecular flexibility index (Phi) is 15.8. The van der Waals surface area contributed by atoms with E-state index in [2.05, 4.69) is 0 Å². The van der Waals surface area contributed by atoms with E-state index < -0.39 is 12.0 Å². The summed E-state index contributed by atoms with van der Waals surface area (Å²) in [7, 11) is 0. The van der Waals surface area contributed by atoms with E-state index in [1.54, 1.807) is 31.2 Å². The Morgan fingerprint density at radius 2 is 1.49 bits per heavy atom. The van der Waals surface area contributed by atoms with Gasteiger partial charge < -0.3 is 9.64 Å². The number of hydrogen-bond acceptors (Lipinski definition) is 5. The van der Waals surface area contributed by atoms with Gasteiger partial charge in [-0.1, -0.05) is 80.3 Å². The van der Waals surface area contributed by atoms with Crippen molar-refractivity contribution in [1.29, 1.82) is 0 Å². The van der Waals surface area contributed by atoms with Gasteiger partial charge in [-0.05, 0) is 50.5 Å². The summed E-state index contributed by atoms with van der Waals surface area (Å²) in [5, 5.41) is 0.569. The third-order valence-corrected chi connectivity index (χ3v) is 6.02. The Morgan fingerprint density at radius 3 is 2.05 bits per heavy atom. The number of ether oxygens (including phenoxy) is 1. The van der Waals surface area contributed by atoms with Gasteiger partial charge >= 0.3 is 12.0 Å². The molecule has 214 valence electrons. The normalized spacial score (nSPS) is 10.2. The molecule has 0 bridgehead atoms. The molecule has 2 aromatic carbocycles. The molecule has 0 aliphatic rings. The Bertz CT molecular complexity index is 1060. The van der Waals surface area contributed by atoms with Crippen LogP contribution in [-0.4, -0.2) is 53.2 Å². The van der Waals surface area contributed by atoms with Crippen LogP contribution in [0.15, 0.2) is 42.5 Å². The Balaban J connectivity index is 0.00000371. The summed E-state index contributed by atoms with van der Waals surface area (Å²) in [5.74, 6) is -1.20. The quantitative estimate of drug-likeness (QED) is 0.202. The van der Waals surface area contributed by atoms with Crippen molar-refractivity contribution in [3.8, 4) is 0 Å². The molecule has 39 heavy (non-hydrogen) atoms. The molecule has 2 rings (SSSR count). The summed E-state index contributed by atoms with van der Waals surface area (Å²) < 4.78 is 4.86. The molecule has 0 atom stereocenters. The number of rotatable bonds is 13. The predicted octanol–water partition coefficient (Wildman–Crippen LogP) is 6.69. The van der Waals surface area contributed by atoms with Crippen molar-refractivity contribution >= 4 is 35.3 Å². The van der Waals surface area contributed by atoms with Crippen LogP contribution in [0.4, 0.5) is 4.79 Å². The number of unbranched alkanes of at least 4 members (excludes halogenated alkanes) is 1. The molecule has 2 aromatic rings. The number of urea groups is 1. The Labute approximate surface area is 238 Å². The monoisotopic (exact) mass is 558 g/mol. The van der Waals surface area contributed by atoms with Crippen molar-refractivity contribution in [3.05, 3.63) is 69.7 Å². The van der Waals surface area contributed by atoms with E-state index in [9.17, 15) is 19.2 Å². The smallest absolute Gasteiger partial charge is 0.327 e. The number of halogens is 1. The second kappa shape index (κ2) is 18.2. The van der Waals surface area contributed by atoms with Gasteiger partial charge in [0.2, 0.25) is 5.91 Å². The lowest BCUT2D eigenvalue weighted by atomic mass is 10.0. The van der Waals surface area contributed by atoms with Crippen LogP contribution in [0.25, 0.3) is 0 Å². The van der Waals surface area contributed by atoms with Crippen molar-refractivity contribution in [2.45, 2.75) is 80.2 Å². The molecule has 0 saturated carbocycles. The van der Waals surface area contributed by atoms with Gasteiger partial charge in [-0.25, -0.2) is 4.79 Å². The molecule has 0 fully saturated rings. The lowest BCUT2D eigenvalue weighted by molar-refractivity contribution is -0.145. The average molecular weight is 559 g/mol. The fourth-order valence-electron chi connectivity index (χ4n) is 4.03. The summed E-state index contributed by atoms with van der Waals surface area (Å²) in [6, 6.07) is 12.5. The molecule has 3 amide bonds. The highest BCUT2D eigenvalue weighted by Crippen LogP contribution is 2.16. The molecular formula is C31H43ClN2O5. The lowest BCUT2D eigenvalue weighted by Crippen LogP contribution is -2.47.